The molecule has 0 N–H and O–H groups in total. The number of hydrogen-bond donors (Lipinski definition) is 0. The van der Waals surface area contributed by atoms with Crippen LogP contribution in [0, 0.1) is 0 Å². The lowest BCUT2D eigenvalue weighted by molar-refractivity contribution is 0.360. The van der Waals surface area contributed by atoms with Gasteiger partial charge in [-0.15, -0.1) is 0 Å². The lowest BCUT2D eigenvalue weighted by atomic mass is 9.68. The summed E-state index contributed by atoms with van der Waals surface area (Å²) >= 11 is 0. The van der Waals surface area contributed by atoms with E-state index in [1.807, 2.05) is 60.7 Å². The van der Waals surface area contributed by atoms with E-state index in [9.17, 15) is 0 Å². The quantitative estimate of drug-likeness (QED) is 0.170. The van der Waals surface area contributed by atoms with Crippen molar-refractivity contribution in [3.8, 4) is 79.4 Å². The number of rotatable bonds is 6. The molecule has 0 spiro atoms. The van der Waals surface area contributed by atoms with Gasteiger partial charge >= 0.3 is 0 Å². The summed E-state index contributed by atoms with van der Waals surface area (Å²) in [5, 5.41) is 0. The summed E-state index contributed by atoms with van der Waals surface area (Å²) in [7, 11) is 0. The summed E-state index contributed by atoms with van der Waals surface area (Å²) in [4.78, 5) is 15.0. The molecule has 9 aromatic rings. The minimum atomic E-state index is -0.552. The van der Waals surface area contributed by atoms with Crippen molar-refractivity contribution in [1.82, 2.24) is 15.0 Å². The van der Waals surface area contributed by atoms with Gasteiger partial charge in [0.25, 0.3) is 0 Å². The van der Waals surface area contributed by atoms with Gasteiger partial charge in [-0.3, -0.25) is 0 Å². The van der Waals surface area contributed by atoms with Gasteiger partial charge in [0.15, 0.2) is 40.5 Å². The van der Waals surface area contributed by atoms with Crippen LogP contribution >= 0.6 is 0 Å². The van der Waals surface area contributed by atoms with Crippen molar-refractivity contribution in [2.24, 2.45) is 0 Å². The fourth-order valence-electron chi connectivity index (χ4n) is 8.50. The van der Waals surface area contributed by atoms with Crippen LogP contribution in [0.3, 0.4) is 0 Å². The molecule has 8 aromatic carbocycles. The molecule has 5 nitrogen and oxygen atoms in total. The monoisotopic (exact) mass is 731 g/mol. The molecule has 0 saturated heterocycles. The molecule has 0 amide bonds. The lowest BCUT2D eigenvalue weighted by Gasteiger charge is -2.34. The molecule has 1 aromatic heterocycles. The minimum Gasteiger partial charge on any atom is -0.449 e. The van der Waals surface area contributed by atoms with Gasteiger partial charge in [-0.2, -0.15) is 0 Å². The van der Waals surface area contributed by atoms with Crippen molar-refractivity contribution < 1.29 is 9.47 Å². The first-order valence-corrected chi connectivity index (χ1v) is 19.1. The summed E-state index contributed by atoms with van der Waals surface area (Å²) in [5.74, 6) is 4.31. The molecule has 57 heavy (non-hydrogen) atoms. The molecule has 0 fully saturated rings. The molecular formula is C52H33N3O2. The lowest BCUT2D eigenvalue weighted by Crippen LogP contribution is -2.28. The van der Waals surface area contributed by atoms with Crippen molar-refractivity contribution in [3.05, 3.63) is 222 Å². The van der Waals surface area contributed by atoms with Crippen LogP contribution in [0.1, 0.15) is 22.3 Å². The zero-order valence-corrected chi connectivity index (χ0v) is 30.7. The van der Waals surface area contributed by atoms with Crippen molar-refractivity contribution >= 4 is 0 Å². The molecule has 0 bridgehead atoms. The number of benzene rings is 8. The first kappa shape index (κ1) is 32.8. The highest BCUT2D eigenvalue weighted by Gasteiger charge is 2.48. The van der Waals surface area contributed by atoms with Crippen molar-refractivity contribution in [1.29, 1.82) is 0 Å². The highest BCUT2D eigenvalue weighted by molar-refractivity contribution is 5.92. The van der Waals surface area contributed by atoms with Gasteiger partial charge in [0.05, 0.1) is 5.41 Å². The molecule has 2 aliphatic rings. The third-order valence-corrected chi connectivity index (χ3v) is 11.1. The minimum absolute atomic E-state index is 0.541. The van der Waals surface area contributed by atoms with Gasteiger partial charge in [0.1, 0.15) is 0 Å². The van der Waals surface area contributed by atoms with Gasteiger partial charge in [-0.1, -0.05) is 176 Å². The Morgan fingerprint density at radius 3 is 1.46 bits per heavy atom. The Morgan fingerprint density at radius 1 is 0.333 bits per heavy atom. The van der Waals surface area contributed by atoms with Crippen LogP contribution in [0.5, 0.6) is 23.0 Å². The van der Waals surface area contributed by atoms with Crippen LogP contribution < -0.4 is 9.47 Å². The summed E-state index contributed by atoms with van der Waals surface area (Å²) in [5.41, 5.74) is 11.2. The van der Waals surface area contributed by atoms with E-state index in [0.29, 0.717) is 40.5 Å². The van der Waals surface area contributed by atoms with Crippen LogP contribution in [0.15, 0.2) is 200 Å². The van der Waals surface area contributed by atoms with Gasteiger partial charge in [-0.05, 0) is 63.2 Å². The summed E-state index contributed by atoms with van der Waals surface area (Å²) in [6.07, 6.45) is 0. The van der Waals surface area contributed by atoms with E-state index in [4.69, 9.17) is 24.4 Å². The van der Waals surface area contributed by atoms with Crippen LogP contribution in [0.2, 0.25) is 0 Å². The van der Waals surface area contributed by atoms with Crippen LogP contribution in [0.4, 0.5) is 0 Å². The second-order valence-corrected chi connectivity index (χ2v) is 14.3. The number of nitrogens with zero attached hydrogens (tertiary/aromatic N) is 3. The fourth-order valence-corrected chi connectivity index (χ4v) is 8.50. The Kier molecular flexibility index (Phi) is 7.64. The summed E-state index contributed by atoms with van der Waals surface area (Å²) < 4.78 is 13.6. The average Bonchev–Trinajstić information content (AvgIpc) is 3.61. The van der Waals surface area contributed by atoms with Gasteiger partial charge in [-0.25, -0.2) is 15.0 Å². The van der Waals surface area contributed by atoms with Crippen LogP contribution in [0.25, 0.3) is 56.4 Å². The average molecular weight is 732 g/mol. The van der Waals surface area contributed by atoms with Gasteiger partial charge in [0, 0.05) is 22.3 Å². The first-order chi connectivity index (χ1) is 28.2. The van der Waals surface area contributed by atoms with Crippen LogP contribution in [-0.4, -0.2) is 15.0 Å². The van der Waals surface area contributed by atoms with Crippen molar-refractivity contribution in [3.63, 3.8) is 0 Å². The molecule has 0 atom stereocenters. The molecule has 0 radical (unpaired) electrons. The van der Waals surface area contributed by atoms with E-state index in [1.54, 1.807) is 0 Å². The Hall–Kier alpha value is -7.63. The molecule has 0 saturated carbocycles. The number of hydrogen-bond acceptors (Lipinski definition) is 5. The molecule has 11 rings (SSSR count). The standard InChI is InChI=1S/C52H33N3O2/c1-5-15-34(16-6-1)35-25-27-37(28-26-35)50-53-49(36-17-7-2-8-18-36)54-51(55-50)38-29-31-44-46(33-38)57-48-45(56-44)32-30-43-47(48)41-23-13-14-24-42(41)52(43,39-19-9-3-10-20-39)40-21-11-4-12-22-40/h1-33H. The second-order valence-electron chi connectivity index (χ2n) is 14.3. The molecule has 2 heterocycles. The maximum atomic E-state index is 6.99. The zero-order valence-electron chi connectivity index (χ0n) is 30.7. The Balaban J connectivity index is 1.03. The largest absolute Gasteiger partial charge is 0.449 e. The first-order valence-electron chi connectivity index (χ1n) is 19.1. The topological polar surface area (TPSA) is 57.1 Å². The molecular weight excluding hydrogens is 699 g/mol. The molecule has 1 aliphatic carbocycles. The molecule has 0 unspecified atom stereocenters. The second kappa shape index (κ2) is 13.3. The molecule has 1 aliphatic heterocycles. The molecule has 268 valence electrons. The normalized spacial score (nSPS) is 13.0. The van der Waals surface area contributed by atoms with E-state index in [1.165, 1.54) is 16.7 Å². The van der Waals surface area contributed by atoms with E-state index in [-0.39, 0.29) is 0 Å². The summed E-state index contributed by atoms with van der Waals surface area (Å²) in [6.45, 7) is 0. The maximum Gasteiger partial charge on any atom is 0.178 e. The zero-order chi connectivity index (χ0) is 37.8. The smallest absolute Gasteiger partial charge is 0.178 e. The van der Waals surface area contributed by atoms with Crippen molar-refractivity contribution in [2.75, 3.05) is 0 Å². The summed E-state index contributed by atoms with van der Waals surface area (Å²) in [6, 6.07) is 69.1. The number of fused-ring (bicyclic) bond motifs is 6. The predicted octanol–water partition coefficient (Wildman–Crippen LogP) is 12.8. The Morgan fingerprint density at radius 2 is 0.807 bits per heavy atom. The molecule has 5 heteroatoms. The van der Waals surface area contributed by atoms with E-state index >= 15 is 0 Å². The number of ether oxygens (including phenoxy) is 2. The maximum absolute atomic E-state index is 6.99. The highest BCUT2D eigenvalue weighted by Crippen LogP contribution is 2.62. The van der Waals surface area contributed by atoms with E-state index in [0.717, 1.165) is 44.5 Å². The predicted molar refractivity (Wildman–Crippen MR) is 225 cm³/mol. The van der Waals surface area contributed by atoms with E-state index in [2.05, 4.69) is 140 Å². The SMILES string of the molecule is c1ccc(-c2ccc(-c3nc(-c4ccccc4)nc(-c4ccc5c(c4)Oc4c(ccc6c4-c4ccccc4C6(c4ccccc4)c4ccccc4)O5)n3)cc2)cc1. The highest BCUT2D eigenvalue weighted by atomic mass is 16.6. The number of aromatic nitrogens is 3. The van der Waals surface area contributed by atoms with Gasteiger partial charge < -0.3 is 9.47 Å². The van der Waals surface area contributed by atoms with Crippen molar-refractivity contribution in [2.45, 2.75) is 5.41 Å². The van der Waals surface area contributed by atoms with Crippen LogP contribution in [-0.2, 0) is 5.41 Å². The Labute approximate surface area is 330 Å². The Bertz CT molecular complexity index is 2890. The third-order valence-electron chi connectivity index (χ3n) is 11.1. The van der Waals surface area contributed by atoms with Gasteiger partial charge in [0.2, 0.25) is 0 Å². The third kappa shape index (κ3) is 5.35. The van der Waals surface area contributed by atoms with E-state index < -0.39 is 5.41 Å². The fraction of sp³-hybridized carbons (Fsp3) is 0.0192.